The van der Waals surface area contributed by atoms with Crippen LogP contribution in [0.25, 0.3) is 0 Å². The van der Waals surface area contributed by atoms with Crippen LogP contribution in [-0.4, -0.2) is 50.7 Å². The zero-order chi connectivity index (χ0) is 13.6. The van der Waals surface area contributed by atoms with Crippen LogP contribution in [-0.2, 0) is 9.59 Å². The molecule has 0 radical (unpaired) electrons. The second-order valence-corrected chi connectivity index (χ2v) is 5.19. The van der Waals surface area contributed by atoms with Gasteiger partial charge in [-0.25, -0.2) is 9.59 Å². The molecule has 1 aliphatic heterocycles. The summed E-state index contributed by atoms with van der Waals surface area (Å²) in [6.45, 7) is 0.532. The van der Waals surface area contributed by atoms with Crippen molar-refractivity contribution in [1.29, 1.82) is 0 Å². The number of aliphatic hydroxyl groups is 1. The molecule has 1 aliphatic carbocycles. The van der Waals surface area contributed by atoms with E-state index in [9.17, 15) is 19.5 Å². The third-order valence-corrected chi connectivity index (χ3v) is 3.63. The molecule has 0 aromatic rings. The fourth-order valence-electron chi connectivity index (χ4n) is 2.51. The Hall–Kier alpha value is -1.63. The summed E-state index contributed by atoms with van der Waals surface area (Å²) in [6, 6.07) is -0.622. The van der Waals surface area contributed by atoms with E-state index in [1.165, 1.54) is 0 Å². The van der Waals surface area contributed by atoms with Crippen molar-refractivity contribution in [3.8, 4) is 0 Å². The molecule has 1 atom stereocenters. The topological polar surface area (TPSA) is 107 Å². The van der Waals surface area contributed by atoms with Crippen molar-refractivity contribution in [2.24, 2.45) is 0 Å². The van der Waals surface area contributed by atoms with Crippen molar-refractivity contribution < 1.29 is 24.6 Å². The molecule has 1 saturated carbocycles. The lowest BCUT2D eigenvalue weighted by Gasteiger charge is -2.24. The number of β-amino-alcohol motifs (C(OH)–C–C–N with tert-alkyl or cyclic N) is 1. The lowest BCUT2D eigenvalue weighted by Crippen LogP contribution is -2.50. The third kappa shape index (κ3) is 1.84. The standard InChI is InChI=1S/C11H16N2O5/c1-10(18,8(15)16)6-13-7(14)11(12-9(13)17)4-2-3-5-11/h18H,2-6H2,1H3,(H,12,17)(H,15,16)/t10-/m0/s1. The number of imide groups is 1. The summed E-state index contributed by atoms with van der Waals surface area (Å²) >= 11 is 0. The van der Waals surface area contributed by atoms with Crippen molar-refractivity contribution >= 4 is 17.9 Å². The molecule has 0 bridgehead atoms. The number of nitrogens with zero attached hydrogens (tertiary/aromatic N) is 1. The zero-order valence-electron chi connectivity index (χ0n) is 10.1. The summed E-state index contributed by atoms with van der Waals surface area (Å²) < 4.78 is 0. The number of hydrogen-bond donors (Lipinski definition) is 3. The van der Waals surface area contributed by atoms with Crippen LogP contribution < -0.4 is 5.32 Å². The Balaban J connectivity index is 2.18. The van der Waals surface area contributed by atoms with E-state index in [0.717, 1.165) is 24.7 Å². The Morgan fingerprint density at radius 2 is 2.00 bits per heavy atom. The number of carbonyl (C=O) groups is 3. The van der Waals surface area contributed by atoms with Gasteiger partial charge in [0.2, 0.25) is 0 Å². The van der Waals surface area contributed by atoms with Crippen molar-refractivity contribution in [3.63, 3.8) is 0 Å². The van der Waals surface area contributed by atoms with Crippen molar-refractivity contribution in [1.82, 2.24) is 10.2 Å². The molecule has 0 aromatic carbocycles. The second kappa shape index (κ2) is 3.94. The summed E-state index contributed by atoms with van der Waals surface area (Å²) in [6.07, 6.45) is 2.86. The maximum Gasteiger partial charge on any atom is 0.337 e. The minimum atomic E-state index is -2.13. The third-order valence-electron chi connectivity index (χ3n) is 3.63. The summed E-state index contributed by atoms with van der Waals surface area (Å²) in [5.74, 6) is -1.89. The largest absolute Gasteiger partial charge is 0.479 e. The van der Waals surface area contributed by atoms with E-state index < -0.39 is 35.6 Å². The van der Waals surface area contributed by atoms with Crippen LogP contribution in [0.3, 0.4) is 0 Å². The van der Waals surface area contributed by atoms with Crippen LogP contribution in [0.5, 0.6) is 0 Å². The van der Waals surface area contributed by atoms with Gasteiger partial charge in [-0.2, -0.15) is 0 Å². The maximum atomic E-state index is 12.2. The number of hydrogen-bond acceptors (Lipinski definition) is 4. The predicted octanol–water partition coefficient (Wildman–Crippen LogP) is -0.313. The highest BCUT2D eigenvalue weighted by atomic mass is 16.4. The van der Waals surface area contributed by atoms with Gasteiger partial charge < -0.3 is 15.5 Å². The van der Waals surface area contributed by atoms with E-state index >= 15 is 0 Å². The van der Waals surface area contributed by atoms with Crippen LogP contribution in [0.2, 0.25) is 0 Å². The van der Waals surface area contributed by atoms with Crippen molar-refractivity contribution in [2.45, 2.75) is 43.7 Å². The highest BCUT2D eigenvalue weighted by Crippen LogP contribution is 2.35. The van der Waals surface area contributed by atoms with E-state index in [1.54, 1.807) is 0 Å². The number of carbonyl (C=O) groups excluding carboxylic acids is 2. The fraction of sp³-hybridized carbons (Fsp3) is 0.727. The number of nitrogens with one attached hydrogen (secondary N) is 1. The number of carboxylic acid groups (broad SMARTS) is 1. The second-order valence-electron chi connectivity index (χ2n) is 5.19. The van der Waals surface area contributed by atoms with Gasteiger partial charge in [-0.15, -0.1) is 0 Å². The van der Waals surface area contributed by atoms with Gasteiger partial charge in [-0.3, -0.25) is 9.69 Å². The molecule has 3 amide bonds. The molecule has 2 rings (SSSR count). The monoisotopic (exact) mass is 256 g/mol. The molecule has 0 unspecified atom stereocenters. The van der Waals surface area contributed by atoms with Gasteiger partial charge in [0, 0.05) is 0 Å². The van der Waals surface area contributed by atoms with Gasteiger partial charge in [0.15, 0.2) is 5.60 Å². The van der Waals surface area contributed by atoms with Crippen molar-refractivity contribution in [3.05, 3.63) is 0 Å². The lowest BCUT2D eigenvalue weighted by atomic mass is 9.97. The summed E-state index contributed by atoms with van der Waals surface area (Å²) in [4.78, 5) is 35.5. The Morgan fingerprint density at radius 3 is 2.50 bits per heavy atom. The molecule has 2 aliphatic rings. The molecule has 7 heteroatoms. The normalized spacial score (nSPS) is 25.3. The number of rotatable bonds is 3. The van der Waals surface area contributed by atoms with Gasteiger partial charge >= 0.3 is 12.0 Å². The van der Waals surface area contributed by atoms with Gasteiger partial charge in [0.25, 0.3) is 5.91 Å². The van der Waals surface area contributed by atoms with E-state index in [2.05, 4.69) is 5.32 Å². The van der Waals surface area contributed by atoms with Gasteiger partial charge in [0.1, 0.15) is 5.54 Å². The first kappa shape index (κ1) is 12.8. The summed E-state index contributed by atoms with van der Waals surface area (Å²) in [5.41, 5.74) is -3.00. The first-order valence-corrected chi connectivity index (χ1v) is 5.88. The van der Waals surface area contributed by atoms with Gasteiger partial charge in [-0.1, -0.05) is 12.8 Å². The number of carboxylic acids is 1. The highest BCUT2D eigenvalue weighted by molar-refractivity contribution is 6.07. The van der Waals surface area contributed by atoms with Crippen LogP contribution in [0.15, 0.2) is 0 Å². The molecular weight excluding hydrogens is 240 g/mol. The molecule has 1 heterocycles. The molecule has 1 saturated heterocycles. The van der Waals surface area contributed by atoms with Crippen LogP contribution in [0, 0.1) is 0 Å². The Morgan fingerprint density at radius 1 is 1.44 bits per heavy atom. The highest BCUT2D eigenvalue weighted by Gasteiger charge is 2.54. The SMILES string of the molecule is C[C@](O)(CN1C(=O)NC2(CCCC2)C1=O)C(=O)O. The van der Waals surface area contributed by atoms with E-state index in [1.807, 2.05) is 0 Å². The Bertz CT molecular complexity index is 412. The quantitative estimate of drug-likeness (QED) is 0.600. The molecule has 18 heavy (non-hydrogen) atoms. The van der Waals surface area contributed by atoms with Crippen molar-refractivity contribution in [2.75, 3.05) is 6.54 Å². The van der Waals surface area contributed by atoms with Gasteiger partial charge in [0.05, 0.1) is 6.54 Å². The average molecular weight is 256 g/mol. The summed E-state index contributed by atoms with van der Waals surface area (Å²) in [7, 11) is 0. The Kier molecular flexibility index (Phi) is 2.81. The smallest absolute Gasteiger partial charge is 0.337 e. The lowest BCUT2D eigenvalue weighted by molar-refractivity contribution is -0.158. The molecule has 100 valence electrons. The molecule has 1 spiro atoms. The van der Waals surface area contributed by atoms with E-state index in [4.69, 9.17) is 5.11 Å². The number of urea groups is 1. The molecule has 3 N–H and O–H groups in total. The van der Waals surface area contributed by atoms with E-state index in [-0.39, 0.29) is 0 Å². The predicted molar refractivity (Wildman–Crippen MR) is 59.7 cm³/mol. The molecular formula is C11H16N2O5. The number of aliphatic carboxylic acids is 1. The fourth-order valence-corrected chi connectivity index (χ4v) is 2.51. The minimum Gasteiger partial charge on any atom is -0.479 e. The molecule has 0 aromatic heterocycles. The van der Waals surface area contributed by atoms with Gasteiger partial charge in [-0.05, 0) is 19.8 Å². The van der Waals surface area contributed by atoms with Crippen LogP contribution in [0.1, 0.15) is 32.6 Å². The molecule has 7 nitrogen and oxygen atoms in total. The minimum absolute atomic E-state index is 0.425. The number of amides is 3. The van der Waals surface area contributed by atoms with E-state index in [0.29, 0.717) is 12.8 Å². The summed E-state index contributed by atoms with van der Waals surface area (Å²) in [5, 5.41) is 21.1. The zero-order valence-corrected chi connectivity index (χ0v) is 10.1. The maximum absolute atomic E-state index is 12.2. The van der Waals surface area contributed by atoms with Crippen LogP contribution >= 0.6 is 0 Å². The Labute approximate surface area is 104 Å². The first-order valence-electron chi connectivity index (χ1n) is 5.88. The first-order chi connectivity index (χ1) is 8.28. The average Bonchev–Trinajstić information content (AvgIpc) is 2.81. The van der Waals surface area contributed by atoms with Crippen LogP contribution in [0.4, 0.5) is 4.79 Å². The molecule has 2 fully saturated rings.